The van der Waals surface area contributed by atoms with E-state index in [4.69, 9.17) is 0 Å². The van der Waals surface area contributed by atoms with Gasteiger partial charge in [-0.3, -0.25) is 4.79 Å². The molecule has 2 aliphatic carbocycles. The Morgan fingerprint density at radius 1 is 1.33 bits per heavy atom. The molecule has 2 rings (SSSR count). The number of carbonyl (C=O) groups excluding carboxylic acids is 1. The lowest BCUT2D eigenvalue weighted by Crippen LogP contribution is -2.38. The summed E-state index contributed by atoms with van der Waals surface area (Å²) in [7, 11) is 0. The van der Waals surface area contributed by atoms with Crippen LogP contribution in [0.4, 0.5) is 0 Å². The van der Waals surface area contributed by atoms with Crippen molar-refractivity contribution < 1.29 is 4.79 Å². The number of amides is 1. The molecule has 0 spiro atoms. The Hall–Kier alpha value is -0.530. The number of nitrogens with one attached hydrogen (secondary N) is 1. The van der Waals surface area contributed by atoms with Crippen molar-refractivity contribution in [1.29, 1.82) is 0 Å². The van der Waals surface area contributed by atoms with Gasteiger partial charge in [-0.15, -0.1) is 0 Å². The molecule has 12 heavy (non-hydrogen) atoms. The van der Waals surface area contributed by atoms with Crippen molar-refractivity contribution in [2.45, 2.75) is 51.5 Å². The first kappa shape index (κ1) is 8.09. The predicted octanol–water partition coefficient (Wildman–Crippen LogP) is 1.85. The summed E-state index contributed by atoms with van der Waals surface area (Å²) in [5.74, 6) is 0.308. The molecule has 0 unspecified atom stereocenters. The van der Waals surface area contributed by atoms with Gasteiger partial charge in [-0.1, -0.05) is 19.8 Å². The van der Waals surface area contributed by atoms with E-state index in [2.05, 4.69) is 12.2 Å². The van der Waals surface area contributed by atoms with Gasteiger partial charge in [-0.05, 0) is 25.7 Å². The maximum atomic E-state index is 11.7. The zero-order valence-corrected chi connectivity index (χ0v) is 7.73. The maximum absolute atomic E-state index is 11.7. The molecule has 0 aliphatic heterocycles. The summed E-state index contributed by atoms with van der Waals surface area (Å²) in [5, 5.41) is 3.10. The standard InChI is InChI=1S/C10H17NO/c1-10(6-2-3-7-10)9(12)11-8-4-5-8/h8H,2-7H2,1H3,(H,11,12). The fourth-order valence-corrected chi connectivity index (χ4v) is 1.97. The van der Waals surface area contributed by atoms with Crippen molar-refractivity contribution >= 4 is 5.91 Å². The fraction of sp³-hybridized carbons (Fsp3) is 0.900. The topological polar surface area (TPSA) is 29.1 Å². The summed E-state index contributed by atoms with van der Waals surface area (Å²) < 4.78 is 0. The van der Waals surface area contributed by atoms with E-state index in [-0.39, 0.29) is 5.41 Å². The summed E-state index contributed by atoms with van der Waals surface area (Å²) in [6.07, 6.45) is 7.03. The van der Waals surface area contributed by atoms with E-state index in [0.717, 1.165) is 12.8 Å². The van der Waals surface area contributed by atoms with Crippen molar-refractivity contribution in [3.05, 3.63) is 0 Å². The van der Waals surface area contributed by atoms with E-state index in [1.807, 2.05) is 0 Å². The van der Waals surface area contributed by atoms with Crippen LogP contribution in [0, 0.1) is 5.41 Å². The van der Waals surface area contributed by atoms with Crippen LogP contribution in [0.2, 0.25) is 0 Å². The Labute approximate surface area is 73.7 Å². The summed E-state index contributed by atoms with van der Waals surface area (Å²) >= 11 is 0. The Morgan fingerprint density at radius 3 is 2.42 bits per heavy atom. The van der Waals surface area contributed by atoms with Gasteiger partial charge in [-0.25, -0.2) is 0 Å². The van der Waals surface area contributed by atoms with Crippen LogP contribution < -0.4 is 5.32 Å². The highest BCUT2D eigenvalue weighted by Gasteiger charge is 2.38. The van der Waals surface area contributed by atoms with E-state index >= 15 is 0 Å². The Bertz CT molecular complexity index is 190. The lowest BCUT2D eigenvalue weighted by molar-refractivity contribution is -0.130. The van der Waals surface area contributed by atoms with Gasteiger partial charge >= 0.3 is 0 Å². The van der Waals surface area contributed by atoms with Crippen molar-refractivity contribution in [3.8, 4) is 0 Å². The van der Waals surface area contributed by atoms with Gasteiger partial charge in [0.05, 0.1) is 0 Å². The van der Waals surface area contributed by atoms with Crippen molar-refractivity contribution in [3.63, 3.8) is 0 Å². The second-order valence-electron chi connectivity index (χ2n) is 4.52. The number of rotatable bonds is 2. The normalized spacial score (nSPS) is 27.1. The summed E-state index contributed by atoms with van der Waals surface area (Å²) in [6.45, 7) is 2.11. The maximum Gasteiger partial charge on any atom is 0.226 e. The quantitative estimate of drug-likeness (QED) is 0.668. The minimum atomic E-state index is -0.0252. The predicted molar refractivity (Wildman–Crippen MR) is 47.7 cm³/mol. The zero-order chi connectivity index (χ0) is 8.60. The second kappa shape index (κ2) is 2.75. The SMILES string of the molecule is CC1(C(=O)NC2CC2)CCCC1. The average molecular weight is 167 g/mol. The van der Waals surface area contributed by atoms with Gasteiger partial charge in [0, 0.05) is 11.5 Å². The third-order valence-electron chi connectivity index (χ3n) is 3.17. The molecule has 68 valence electrons. The van der Waals surface area contributed by atoms with E-state index < -0.39 is 0 Å². The third-order valence-corrected chi connectivity index (χ3v) is 3.17. The minimum absolute atomic E-state index is 0.0252. The van der Waals surface area contributed by atoms with Gasteiger partial charge in [0.2, 0.25) is 5.91 Å². The first-order chi connectivity index (χ1) is 5.71. The lowest BCUT2D eigenvalue weighted by Gasteiger charge is -2.21. The van der Waals surface area contributed by atoms with Crippen LogP contribution in [0.5, 0.6) is 0 Å². The highest BCUT2D eigenvalue weighted by Crippen LogP contribution is 2.38. The molecule has 2 heteroatoms. The summed E-state index contributed by atoms with van der Waals surface area (Å²) in [5.41, 5.74) is -0.0252. The molecular weight excluding hydrogens is 150 g/mol. The first-order valence-electron chi connectivity index (χ1n) is 5.02. The van der Waals surface area contributed by atoms with Crippen LogP contribution in [-0.2, 0) is 4.79 Å². The summed E-state index contributed by atoms with van der Waals surface area (Å²) in [4.78, 5) is 11.7. The summed E-state index contributed by atoms with van der Waals surface area (Å²) in [6, 6.07) is 0.523. The molecule has 0 atom stereocenters. The molecule has 0 radical (unpaired) electrons. The molecule has 1 N–H and O–H groups in total. The van der Waals surface area contributed by atoms with Gasteiger partial charge < -0.3 is 5.32 Å². The van der Waals surface area contributed by atoms with Gasteiger partial charge in [-0.2, -0.15) is 0 Å². The van der Waals surface area contributed by atoms with E-state index in [9.17, 15) is 4.79 Å². The molecular formula is C10H17NO. The zero-order valence-electron chi connectivity index (χ0n) is 7.73. The van der Waals surface area contributed by atoms with Gasteiger partial charge in [0.25, 0.3) is 0 Å². The molecule has 2 fully saturated rings. The Balaban J connectivity index is 1.91. The van der Waals surface area contributed by atoms with Crippen molar-refractivity contribution in [2.24, 2.45) is 5.41 Å². The van der Waals surface area contributed by atoms with E-state index in [1.54, 1.807) is 0 Å². The van der Waals surface area contributed by atoms with Crippen LogP contribution in [0.3, 0.4) is 0 Å². The molecule has 0 aromatic carbocycles. The van der Waals surface area contributed by atoms with E-state index in [0.29, 0.717) is 11.9 Å². The number of hydrogen-bond acceptors (Lipinski definition) is 1. The Morgan fingerprint density at radius 2 is 1.92 bits per heavy atom. The van der Waals surface area contributed by atoms with Crippen LogP contribution in [0.25, 0.3) is 0 Å². The lowest BCUT2D eigenvalue weighted by atomic mass is 9.88. The number of hydrogen-bond donors (Lipinski definition) is 1. The molecule has 0 aromatic heterocycles. The molecule has 0 heterocycles. The number of carbonyl (C=O) groups is 1. The largest absolute Gasteiger partial charge is 0.353 e. The van der Waals surface area contributed by atoms with Crippen molar-refractivity contribution in [2.75, 3.05) is 0 Å². The molecule has 0 bridgehead atoms. The van der Waals surface area contributed by atoms with E-state index in [1.165, 1.54) is 25.7 Å². The molecule has 0 saturated heterocycles. The highest BCUT2D eigenvalue weighted by molar-refractivity contribution is 5.83. The van der Waals surface area contributed by atoms with Crippen LogP contribution >= 0.6 is 0 Å². The molecule has 2 saturated carbocycles. The highest BCUT2D eigenvalue weighted by atomic mass is 16.2. The smallest absolute Gasteiger partial charge is 0.226 e. The van der Waals surface area contributed by atoms with Crippen LogP contribution in [-0.4, -0.2) is 11.9 Å². The van der Waals surface area contributed by atoms with Crippen molar-refractivity contribution in [1.82, 2.24) is 5.32 Å². The second-order valence-corrected chi connectivity index (χ2v) is 4.52. The molecule has 0 aromatic rings. The Kier molecular flexibility index (Phi) is 1.85. The van der Waals surface area contributed by atoms with Crippen LogP contribution in [0.15, 0.2) is 0 Å². The fourth-order valence-electron chi connectivity index (χ4n) is 1.97. The minimum Gasteiger partial charge on any atom is -0.353 e. The monoisotopic (exact) mass is 167 g/mol. The molecule has 2 aliphatic rings. The third kappa shape index (κ3) is 1.47. The van der Waals surface area contributed by atoms with Crippen LogP contribution in [0.1, 0.15) is 45.4 Å². The first-order valence-corrected chi connectivity index (χ1v) is 5.02. The van der Waals surface area contributed by atoms with Gasteiger partial charge in [0.1, 0.15) is 0 Å². The average Bonchev–Trinajstić information content (AvgIpc) is 2.73. The molecule has 1 amide bonds. The molecule has 2 nitrogen and oxygen atoms in total. The van der Waals surface area contributed by atoms with Gasteiger partial charge in [0.15, 0.2) is 0 Å².